The van der Waals surface area contributed by atoms with Crippen molar-refractivity contribution >= 4 is 0 Å². The van der Waals surface area contributed by atoms with Gasteiger partial charge in [-0.15, -0.1) is 0 Å². The van der Waals surface area contributed by atoms with Gasteiger partial charge in [0.15, 0.2) is 0 Å². The van der Waals surface area contributed by atoms with E-state index < -0.39 is 0 Å². The van der Waals surface area contributed by atoms with E-state index in [0.29, 0.717) is 5.92 Å². The molecule has 1 aliphatic rings. The fraction of sp³-hybridized carbons (Fsp3) is 0.786. The molecule has 0 aromatic carbocycles. The molecule has 1 saturated carbocycles. The minimum absolute atomic E-state index is 0.183. The van der Waals surface area contributed by atoms with Crippen LogP contribution in [0.2, 0.25) is 0 Å². The zero-order chi connectivity index (χ0) is 12.3. The van der Waals surface area contributed by atoms with E-state index in [1.54, 1.807) is 4.68 Å². The SMILES string of the molecule is CCC1CCC(C(O)Cc2cnn(C)c2)CC1. The number of hydrogen-bond donors (Lipinski definition) is 1. The zero-order valence-corrected chi connectivity index (χ0v) is 11.0. The predicted octanol–water partition coefficient (Wildman–Crippen LogP) is 2.54. The predicted molar refractivity (Wildman–Crippen MR) is 68.7 cm³/mol. The number of rotatable bonds is 4. The van der Waals surface area contributed by atoms with Crippen molar-refractivity contribution in [2.24, 2.45) is 18.9 Å². The third-order valence-corrected chi connectivity index (χ3v) is 4.22. The van der Waals surface area contributed by atoms with Gasteiger partial charge in [0.1, 0.15) is 0 Å². The summed E-state index contributed by atoms with van der Waals surface area (Å²) in [4.78, 5) is 0. The molecule has 3 nitrogen and oxygen atoms in total. The van der Waals surface area contributed by atoms with Crippen LogP contribution in [0.1, 0.15) is 44.6 Å². The maximum Gasteiger partial charge on any atom is 0.0609 e. The Morgan fingerprint density at radius 2 is 2.12 bits per heavy atom. The Kier molecular flexibility index (Phi) is 4.21. The van der Waals surface area contributed by atoms with Crippen LogP contribution in [-0.2, 0) is 13.5 Å². The summed E-state index contributed by atoms with van der Waals surface area (Å²) in [6, 6.07) is 0. The van der Waals surface area contributed by atoms with Crippen molar-refractivity contribution in [1.29, 1.82) is 0 Å². The van der Waals surface area contributed by atoms with E-state index in [2.05, 4.69) is 12.0 Å². The van der Waals surface area contributed by atoms with Gasteiger partial charge in [0.25, 0.3) is 0 Å². The summed E-state index contributed by atoms with van der Waals surface area (Å²) in [7, 11) is 1.92. The molecule has 0 spiro atoms. The van der Waals surface area contributed by atoms with Gasteiger partial charge in [-0.25, -0.2) is 0 Å². The van der Waals surface area contributed by atoms with Crippen molar-refractivity contribution in [1.82, 2.24) is 9.78 Å². The van der Waals surface area contributed by atoms with Crippen molar-refractivity contribution in [3.05, 3.63) is 18.0 Å². The summed E-state index contributed by atoms with van der Waals surface area (Å²) >= 11 is 0. The van der Waals surface area contributed by atoms with Gasteiger partial charge in [0, 0.05) is 19.7 Å². The van der Waals surface area contributed by atoms with Gasteiger partial charge >= 0.3 is 0 Å². The average molecular weight is 236 g/mol. The Morgan fingerprint density at radius 3 is 2.65 bits per heavy atom. The molecule has 17 heavy (non-hydrogen) atoms. The van der Waals surface area contributed by atoms with Gasteiger partial charge in [-0.2, -0.15) is 5.10 Å². The van der Waals surface area contributed by atoms with Gasteiger partial charge in [-0.3, -0.25) is 4.68 Å². The highest BCUT2D eigenvalue weighted by Gasteiger charge is 2.25. The molecule has 0 amide bonds. The minimum Gasteiger partial charge on any atom is -0.392 e. The lowest BCUT2D eigenvalue weighted by Crippen LogP contribution is -2.27. The summed E-state index contributed by atoms with van der Waals surface area (Å²) in [5.74, 6) is 1.40. The Morgan fingerprint density at radius 1 is 1.41 bits per heavy atom. The number of hydrogen-bond acceptors (Lipinski definition) is 2. The Bertz CT molecular complexity index is 340. The van der Waals surface area contributed by atoms with Crippen molar-refractivity contribution in [3.8, 4) is 0 Å². The van der Waals surface area contributed by atoms with E-state index >= 15 is 0 Å². The van der Waals surface area contributed by atoms with Gasteiger partial charge in [0.05, 0.1) is 12.3 Å². The summed E-state index contributed by atoms with van der Waals surface area (Å²) < 4.78 is 1.80. The summed E-state index contributed by atoms with van der Waals surface area (Å²) in [5, 5.41) is 14.4. The summed E-state index contributed by atoms with van der Waals surface area (Å²) in [6.07, 6.45) is 10.7. The van der Waals surface area contributed by atoms with E-state index in [1.807, 2.05) is 19.4 Å². The lowest BCUT2D eigenvalue weighted by molar-refractivity contribution is 0.0735. The van der Waals surface area contributed by atoms with Crippen LogP contribution in [0.5, 0.6) is 0 Å². The monoisotopic (exact) mass is 236 g/mol. The van der Waals surface area contributed by atoms with Gasteiger partial charge < -0.3 is 5.11 Å². The molecule has 1 N–H and O–H groups in total. The maximum absolute atomic E-state index is 10.3. The zero-order valence-electron chi connectivity index (χ0n) is 11.0. The number of aliphatic hydroxyl groups excluding tert-OH is 1. The van der Waals surface area contributed by atoms with Gasteiger partial charge in [-0.1, -0.05) is 26.2 Å². The topological polar surface area (TPSA) is 38.1 Å². The third kappa shape index (κ3) is 3.32. The van der Waals surface area contributed by atoms with Crippen molar-refractivity contribution in [2.75, 3.05) is 0 Å². The Hall–Kier alpha value is -0.830. The Balaban J connectivity index is 1.82. The summed E-state index contributed by atoms with van der Waals surface area (Å²) in [6.45, 7) is 2.27. The molecule has 1 aromatic rings. The largest absolute Gasteiger partial charge is 0.392 e. The molecule has 1 heterocycles. The number of nitrogens with zero attached hydrogens (tertiary/aromatic N) is 2. The normalized spacial score (nSPS) is 27.0. The van der Waals surface area contributed by atoms with Crippen molar-refractivity contribution in [3.63, 3.8) is 0 Å². The minimum atomic E-state index is -0.183. The number of aliphatic hydroxyl groups is 1. The van der Waals surface area contributed by atoms with Crippen LogP contribution < -0.4 is 0 Å². The van der Waals surface area contributed by atoms with E-state index in [0.717, 1.165) is 17.9 Å². The molecule has 2 rings (SSSR count). The average Bonchev–Trinajstić information content (AvgIpc) is 2.75. The molecule has 1 fully saturated rings. The van der Waals surface area contributed by atoms with E-state index in [4.69, 9.17) is 0 Å². The van der Waals surface area contributed by atoms with Crippen molar-refractivity contribution < 1.29 is 5.11 Å². The lowest BCUT2D eigenvalue weighted by atomic mass is 9.77. The lowest BCUT2D eigenvalue weighted by Gasteiger charge is -2.30. The molecule has 0 aliphatic heterocycles. The van der Waals surface area contributed by atoms with Crippen LogP contribution in [0.15, 0.2) is 12.4 Å². The van der Waals surface area contributed by atoms with E-state index in [-0.39, 0.29) is 6.10 Å². The van der Waals surface area contributed by atoms with E-state index in [9.17, 15) is 5.11 Å². The first-order valence-electron chi connectivity index (χ1n) is 6.84. The van der Waals surface area contributed by atoms with Crippen LogP contribution in [0, 0.1) is 11.8 Å². The molecular formula is C14H24N2O. The molecule has 1 aliphatic carbocycles. The molecule has 0 saturated heterocycles. The fourth-order valence-electron chi connectivity index (χ4n) is 2.97. The van der Waals surface area contributed by atoms with Gasteiger partial charge in [0.2, 0.25) is 0 Å². The molecule has 1 unspecified atom stereocenters. The molecule has 0 radical (unpaired) electrons. The number of aryl methyl sites for hydroxylation is 1. The Labute approximate surface area is 104 Å². The highest BCUT2D eigenvalue weighted by Crippen LogP contribution is 2.33. The van der Waals surface area contributed by atoms with Gasteiger partial charge in [-0.05, 0) is 30.2 Å². The molecule has 1 aromatic heterocycles. The second kappa shape index (κ2) is 5.67. The first kappa shape index (κ1) is 12.6. The van der Waals surface area contributed by atoms with Crippen LogP contribution in [0.4, 0.5) is 0 Å². The molecule has 0 bridgehead atoms. The van der Waals surface area contributed by atoms with Crippen LogP contribution in [-0.4, -0.2) is 21.0 Å². The van der Waals surface area contributed by atoms with Crippen LogP contribution in [0.25, 0.3) is 0 Å². The first-order valence-corrected chi connectivity index (χ1v) is 6.84. The second-order valence-electron chi connectivity index (χ2n) is 5.48. The molecule has 96 valence electrons. The fourth-order valence-corrected chi connectivity index (χ4v) is 2.97. The smallest absolute Gasteiger partial charge is 0.0609 e. The van der Waals surface area contributed by atoms with Crippen LogP contribution >= 0.6 is 0 Å². The molecular weight excluding hydrogens is 212 g/mol. The van der Waals surface area contributed by atoms with Crippen LogP contribution in [0.3, 0.4) is 0 Å². The summed E-state index contributed by atoms with van der Waals surface area (Å²) in [5.41, 5.74) is 1.15. The second-order valence-corrected chi connectivity index (χ2v) is 5.48. The third-order valence-electron chi connectivity index (χ3n) is 4.22. The molecule has 1 atom stereocenters. The van der Waals surface area contributed by atoms with E-state index in [1.165, 1.54) is 32.1 Å². The highest BCUT2D eigenvalue weighted by molar-refractivity contribution is 5.05. The standard InChI is InChI=1S/C14H24N2O/c1-3-11-4-6-13(7-5-11)14(17)8-12-9-15-16(2)10-12/h9-11,13-14,17H,3-8H2,1-2H3. The maximum atomic E-state index is 10.3. The number of aromatic nitrogens is 2. The van der Waals surface area contributed by atoms with Crippen molar-refractivity contribution in [2.45, 2.75) is 51.6 Å². The molecule has 3 heteroatoms. The highest BCUT2D eigenvalue weighted by atomic mass is 16.3. The first-order chi connectivity index (χ1) is 8.19. The quantitative estimate of drug-likeness (QED) is 0.872.